The van der Waals surface area contributed by atoms with Crippen LogP contribution in [-0.2, 0) is 4.74 Å². The van der Waals surface area contributed by atoms with Crippen molar-refractivity contribution in [3.63, 3.8) is 0 Å². The number of halogens is 1. The molecule has 0 aliphatic heterocycles. The molecule has 0 spiro atoms. The SMILES string of the molecule is COCCOc1ccc(Br)cc1C(=O)N(C)C(C)C(O)c1ccccc1. The van der Waals surface area contributed by atoms with E-state index < -0.39 is 12.1 Å². The standard InChI is InChI=1S/C20H24BrNO4/c1-14(19(23)15-7-5-4-6-8-15)22(2)20(24)17-13-16(21)9-10-18(17)26-12-11-25-3/h4-10,13-14,19,23H,11-12H2,1-3H3. The summed E-state index contributed by atoms with van der Waals surface area (Å²) in [6.07, 6.45) is -0.782. The number of aliphatic hydroxyl groups excluding tert-OH is 1. The molecular formula is C20H24BrNO4. The quantitative estimate of drug-likeness (QED) is 0.660. The van der Waals surface area contributed by atoms with Crippen molar-refractivity contribution in [2.75, 3.05) is 27.4 Å². The summed E-state index contributed by atoms with van der Waals surface area (Å²) in [5, 5.41) is 10.6. The Bertz CT molecular complexity index is 723. The van der Waals surface area contributed by atoms with Crippen LogP contribution >= 0.6 is 15.9 Å². The van der Waals surface area contributed by atoms with E-state index in [1.165, 1.54) is 4.90 Å². The zero-order valence-corrected chi connectivity index (χ0v) is 16.8. The number of amides is 1. The van der Waals surface area contributed by atoms with Gasteiger partial charge in [-0.1, -0.05) is 46.3 Å². The average Bonchev–Trinajstić information content (AvgIpc) is 2.67. The number of aliphatic hydroxyl groups is 1. The second-order valence-electron chi connectivity index (χ2n) is 5.99. The zero-order valence-electron chi connectivity index (χ0n) is 15.2. The molecule has 0 aromatic heterocycles. The molecule has 1 amide bonds. The first-order chi connectivity index (χ1) is 12.5. The van der Waals surface area contributed by atoms with Gasteiger partial charge in [0.2, 0.25) is 0 Å². The van der Waals surface area contributed by atoms with Crippen LogP contribution in [0.3, 0.4) is 0 Å². The first kappa shape index (κ1) is 20.4. The third-order valence-electron chi connectivity index (χ3n) is 4.25. The van der Waals surface area contributed by atoms with E-state index in [4.69, 9.17) is 9.47 Å². The summed E-state index contributed by atoms with van der Waals surface area (Å²) >= 11 is 3.40. The van der Waals surface area contributed by atoms with Gasteiger partial charge in [0.25, 0.3) is 5.91 Å². The number of hydrogen-bond donors (Lipinski definition) is 1. The number of nitrogens with zero attached hydrogens (tertiary/aromatic N) is 1. The maximum absolute atomic E-state index is 13.0. The van der Waals surface area contributed by atoms with Gasteiger partial charge in [0.15, 0.2) is 0 Å². The molecule has 2 aromatic carbocycles. The lowest BCUT2D eigenvalue weighted by Crippen LogP contribution is -2.39. The van der Waals surface area contributed by atoms with Gasteiger partial charge in [-0.3, -0.25) is 4.79 Å². The summed E-state index contributed by atoms with van der Waals surface area (Å²) < 4.78 is 11.4. The fourth-order valence-electron chi connectivity index (χ4n) is 2.55. The molecule has 140 valence electrons. The molecule has 0 aliphatic rings. The molecule has 2 atom stereocenters. The Kier molecular flexibility index (Phi) is 7.63. The van der Waals surface area contributed by atoms with Crippen LogP contribution < -0.4 is 4.74 Å². The van der Waals surface area contributed by atoms with Crippen molar-refractivity contribution >= 4 is 21.8 Å². The van der Waals surface area contributed by atoms with Gasteiger partial charge in [-0.2, -0.15) is 0 Å². The van der Waals surface area contributed by atoms with E-state index in [1.54, 1.807) is 26.3 Å². The average molecular weight is 422 g/mol. The Labute approximate surface area is 162 Å². The lowest BCUT2D eigenvalue weighted by Gasteiger charge is -2.30. The van der Waals surface area contributed by atoms with Crippen LogP contribution in [0.1, 0.15) is 28.9 Å². The highest BCUT2D eigenvalue weighted by atomic mass is 79.9. The summed E-state index contributed by atoms with van der Waals surface area (Å²) in [4.78, 5) is 14.5. The second kappa shape index (κ2) is 9.71. The number of carbonyl (C=O) groups excluding carboxylic acids is 1. The fourth-order valence-corrected chi connectivity index (χ4v) is 2.91. The molecule has 2 aromatic rings. The Hall–Kier alpha value is -1.89. The maximum atomic E-state index is 13.0. The molecule has 0 heterocycles. The molecular weight excluding hydrogens is 398 g/mol. The number of hydrogen-bond acceptors (Lipinski definition) is 4. The van der Waals surface area contributed by atoms with Gasteiger partial charge >= 0.3 is 0 Å². The van der Waals surface area contributed by atoms with Crippen LogP contribution in [0.15, 0.2) is 53.0 Å². The van der Waals surface area contributed by atoms with Crippen LogP contribution in [0.4, 0.5) is 0 Å². The largest absolute Gasteiger partial charge is 0.490 e. The van der Waals surface area contributed by atoms with Gasteiger partial charge in [0.05, 0.1) is 24.3 Å². The molecule has 26 heavy (non-hydrogen) atoms. The van der Waals surface area contributed by atoms with Crippen molar-refractivity contribution in [3.8, 4) is 5.75 Å². The molecule has 0 fully saturated rings. The van der Waals surface area contributed by atoms with E-state index in [9.17, 15) is 9.90 Å². The minimum atomic E-state index is -0.782. The summed E-state index contributed by atoms with van der Waals surface area (Å²) in [6, 6.07) is 14.2. The van der Waals surface area contributed by atoms with E-state index in [1.807, 2.05) is 43.3 Å². The Balaban J connectivity index is 2.20. The van der Waals surface area contributed by atoms with Gasteiger partial charge in [-0.25, -0.2) is 0 Å². The number of methoxy groups -OCH3 is 1. The van der Waals surface area contributed by atoms with Crippen LogP contribution in [0.5, 0.6) is 5.75 Å². The highest BCUT2D eigenvalue weighted by molar-refractivity contribution is 9.10. The lowest BCUT2D eigenvalue weighted by atomic mass is 10.0. The van der Waals surface area contributed by atoms with E-state index in [0.717, 1.165) is 10.0 Å². The van der Waals surface area contributed by atoms with Crippen LogP contribution in [0, 0.1) is 0 Å². The summed E-state index contributed by atoms with van der Waals surface area (Å²) in [5.74, 6) is 0.268. The number of ether oxygens (including phenoxy) is 2. The normalized spacial score (nSPS) is 13.1. The third kappa shape index (κ3) is 5.06. The number of likely N-dealkylation sites (N-methyl/N-ethyl adjacent to an activating group) is 1. The first-order valence-corrected chi connectivity index (χ1v) is 9.16. The predicted octanol–water partition coefficient (Wildman–Crippen LogP) is 3.67. The zero-order chi connectivity index (χ0) is 19.1. The van der Waals surface area contributed by atoms with Crippen molar-refractivity contribution in [2.24, 2.45) is 0 Å². The molecule has 5 nitrogen and oxygen atoms in total. The molecule has 6 heteroatoms. The van der Waals surface area contributed by atoms with E-state index in [-0.39, 0.29) is 5.91 Å². The highest BCUT2D eigenvalue weighted by Crippen LogP contribution is 2.27. The van der Waals surface area contributed by atoms with Gasteiger partial charge in [0, 0.05) is 18.6 Å². The molecule has 0 aliphatic carbocycles. The smallest absolute Gasteiger partial charge is 0.257 e. The minimum Gasteiger partial charge on any atom is -0.490 e. The monoisotopic (exact) mass is 421 g/mol. The van der Waals surface area contributed by atoms with Crippen molar-refractivity contribution < 1.29 is 19.4 Å². The number of rotatable bonds is 8. The molecule has 1 N–H and O–H groups in total. The molecule has 0 bridgehead atoms. The Morgan fingerprint density at radius 1 is 1.19 bits per heavy atom. The molecule has 0 saturated heterocycles. The second-order valence-corrected chi connectivity index (χ2v) is 6.91. The molecule has 2 unspecified atom stereocenters. The summed E-state index contributed by atoms with van der Waals surface area (Å²) in [7, 11) is 3.27. The van der Waals surface area contributed by atoms with Gasteiger partial charge in [-0.05, 0) is 30.7 Å². The van der Waals surface area contributed by atoms with E-state index >= 15 is 0 Å². The van der Waals surface area contributed by atoms with Gasteiger partial charge in [-0.15, -0.1) is 0 Å². The number of benzene rings is 2. The van der Waals surface area contributed by atoms with E-state index in [2.05, 4.69) is 15.9 Å². The number of carbonyl (C=O) groups is 1. The van der Waals surface area contributed by atoms with Gasteiger partial charge < -0.3 is 19.5 Å². The van der Waals surface area contributed by atoms with E-state index in [0.29, 0.717) is 24.5 Å². The summed E-state index contributed by atoms with van der Waals surface area (Å²) in [6.45, 7) is 2.60. The first-order valence-electron chi connectivity index (χ1n) is 8.37. The fraction of sp³-hybridized carbons (Fsp3) is 0.350. The molecule has 0 saturated carbocycles. The van der Waals surface area contributed by atoms with Crippen LogP contribution in [0.25, 0.3) is 0 Å². The van der Waals surface area contributed by atoms with Gasteiger partial charge in [0.1, 0.15) is 12.4 Å². The molecule has 0 radical (unpaired) electrons. The summed E-state index contributed by atoms with van der Waals surface area (Å²) in [5.41, 5.74) is 1.20. The van der Waals surface area contributed by atoms with Crippen LogP contribution in [-0.4, -0.2) is 49.3 Å². The van der Waals surface area contributed by atoms with Crippen molar-refractivity contribution in [1.82, 2.24) is 4.90 Å². The van der Waals surface area contributed by atoms with Crippen LogP contribution in [0.2, 0.25) is 0 Å². The predicted molar refractivity (Wildman–Crippen MR) is 104 cm³/mol. The van der Waals surface area contributed by atoms with Crippen molar-refractivity contribution in [3.05, 3.63) is 64.1 Å². The van der Waals surface area contributed by atoms with Crippen molar-refractivity contribution in [2.45, 2.75) is 19.1 Å². The third-order valence-corrected chi connectivity index (χ3v) is 4.74. The topological polar surface area (TPSA) is 59.0 Å². The maximum Gasteiger partial charge on any atom is 0.257 e. The Morgan fingerprint density at radius 2 is 1.88 bits per heavy atom. The lowest BCUT2D eigenvalue weighted by molar-refractivity contribution is 0.0482. The molecule has 2 rings (SSSR count). The highest BCUT2D eigenvalue weighted by Gasteiger charge is 2.26. The Morgan fingerprint density at radius 3 is 2.54 bits per heavy atom. The minimum absolute atomic E-state index is 0.221. The van der Waals surface area contributed by atoms with Crippen molar-refractivity contribution in [1.29, 1.82) is 0 Å².